The van der Waals surface area contributed by atoms with Crippen molar-refractivity contribution in [3.8, 4) is 17.2 Å². The molecule has 8 nitrogen and oxygen atoms in total. The second-order valence-corrected chi connectivity index (χ2v) is 9.42. The minimum absolute atomic E-state index is 0.118. The van der Waals surface area contributed by atoms with Gasteiger partial charge in [-0.3, -0.25) is 9.36 Å². The third kappa shape index (κ3) is 4.18. The first kappa shape index (κ1) is 24.1. The molecule has 0 fully saturated rings. The van der Waals surface area contributed by atoms with E-state index in [1.54, 1.807) is 32.1 Å². The van der Waals surface area contributed by atoms with Crippen LogP contribution in [-0.4, -0.2) is 30.5 Å². The highest BCUT2D eigenvalue weighted by molar-refractivity contribution is 7.07. The van der Waals surface area contributed by atoms with E-state index in [0.29, 0.717) is 60.6 Å². The number of hydrogen-bond acceptors (Lipinski definition) is 8. The molecule has 0 radical (unpaired) electrons. The Balaban J connectivity index is 1.73. The van der Waals surface area contributed by atoms with Crippen molar-refractivity contribution in [2.24, 2.45) is 4.99 Å². The van der Waals surface area contributed by atoms with Gasteiger partial charge in [-0.2, -0.15) is 0 Å². The molecule has 2 aromatic carbocycles. The number of allylic oxidation sites excluding steroid dienone is 1. The van der Waals surface area contributed by atoms with Crippen molar-refractivity contribution in [3.05, 3.63) is 83.5 Å². The molecule has 0 saturated heterocycles. The molecule has 0 saturated carbocycles. The highest BCUT2D eigenvalue weighted by atomic mass is 35.5. The monoisotopic (exact) mass is 526 g/mol. The number of halogens is 1. The van der Waals surface area contributed by atoms with Gasteiger partial charge in [-0.25, -0.2) is 9.79 Å². The summed E-state index contributed by atoms with van der Waals surface area (Å²) in [6, 6.07) is 9.99. The van der Waals surface area contributed by atoms with E-state index in [1.165, 1.54) is 15.9 Å². The molecule has 1 atom stereocenters. The molecular weight excluding hydrogens is 504 g/mol. The summed E-state index contributed by atoms with van der Waals surface area (Å²) in [6.45, 7) is 6.10. The van der Waals surface area contributed by atoms with E-state index in [-0.39, 0.29) is 19.0 Å². The van der Waals surface area contributed by atoms with Crippen LogP contribution in [0.4, 0.5) is 0 Å². The maximum absolute atomic E-state index is 13.8. The van der Waals surface area contributed by atoms with Crippen LogP contribution in [0.3, 0.4) is 0 Å². The van der Waals surface area contributed by atoms with Crippen molar-refractivity contribution in [2.45, 2.75) is 26.8 Å². The lowest BCUT2D eigenvalue weighted by Crippen LogP contribution is -2.40. The molecule has 0 spiro atoms. The normalized spacial score (nSPS) is 16.6. The number of carbonyl (C=O) groups is 1. The Morgan fingerprint density at radius 2 is 1.97 bits per heavy atom. The zero-order valence-electron chi connectivity index (χ0n) is 19.9. The Bertz CT molecular complexity index is 1570. The molecule has 10 heteroatoms. The Labute approximate surface area is 215 Å². The second-order valence-electron chi connectivity index (χ2n) is 8.00. The van der Waals surface area contributed by atoms with Gasteiger partial charge in [0.1, 0.15) is 11.8 Å². The first-order chi connectivity index (χ1) is 17.4. The van der Waals surface area contributed by atoms with E-state index in [2.05, 4.69) is 4.99 Å². The summed E-state index contributed by atoms with van der Waals surface area (Å²) in [5, 5.41) is 0.423. The summed E-state index contributed by atoms with van der Waals surface area (Å²) >= 11 is 7.68. The van der Waals surface area contributed by atoms with Crippen molar-refractivity contribution in [1.82, 2.24) is 4.57 Å². The van der Waals surface area contributed by atoms with Gasteiger partial charge in [0.2, 0.25) is 6.79 Å². The number of rotatable bonds is 6. The molecular formula is C26H23ClN2O6S. The molecule has 186 valence electrons. The number of para-hydroxylation sites is 1. The highest BCUT2D eigenvalue weighted by Crippen LogP contribution is 2.38. The van der Waals surface area contributed by atoms with Crippen LogP contribution in [0.2, 0.25) is 5.02 Å². The summed E-state index contributed by atoms with van der Waals surface area (Å²) in [7, 11) is 0. The minimum atomic E-state index is -0.766. The van der Waals surface area contributed by atoms with Crippen molar-refractivity contribution < 1.29 is 23.7 Å². The molecule has 0 amide bonds. The van der Waals surface area contributed by atoms with Crippen LogP contribution in [0.15, 0.2) is 57.5 Å². The smallest absolute Gasteiger partial charge is 0.338 e. The molecule has 0 bridgehead atoms. The largest absolute Gasteiger partial charge is 0.494 e. The third-order valence-corrected chi connectivity index (χ3v) is 7.12. The lowest BCUT2D eigenvalue weighted by atomic mass is 9.95. The summed E-state index contributed by atoms with van der Waals surface area (Å²) in [6.07, 6.45) is 1.70. The number of ether oxygens (including phenoxy) is 4. The topological polar surface area (TPSA) is 88.4 Å². The van der Waals surface area contributed by atoms with E-state index >= 15 is 0 Å². The van der Waals surface area contributed by atoms with Crippen molar-refractivity contribution >= 4 is 35.0 Å². The van der Waals surface area contributed by atoms with Gasteiger partial charge >= 0.3 is 5.97 Å². The molecule has 36 heavy (non-hydrogen) atoms. The van der Waals surface area contributed by atoms with Gasteiger partial charge in [0.25, 0.3) is 5.56 Å². The third-order valence-electron chi connectivity index (χ3n) is 5.81. The number of benzene rings is 2. The fourth-order valence-electron chi connectivity index (χ4n) is 4.26. The van der Waals surface area contributed by atoms with E-state index in [1.807, 2.05) is 31.2 Å². The Morgan fingerprint density at radius 1 is 1.22 bits per heavy atom. The van der Waals surface area contributed by atoms with Crippen LogP contribution < -0.4 is 29.1 Å². The minimum Gasteiger partial charge on any atom is -0.494 e. The van der Waals surface area contributed by atoms with Crippen molar-refractivity contribution in [1.29, 1.82) is 0 Å². The molecule has 5 rings (SSSR count). The Kier molecular flexibility index (Phi) is 6.59. The van der Waals surface area contributed by atoms with Gasteiger partial charge in [0.15, 0.2) is 16.3 Å². The number of nitrogens with zero attached hydrogens (tertiary/aromatic N) is 2. The SMILES string of the molecule is CCOC(=O)C1=C(C)N=c2s/c(=C\c3cc4c(cc3Cl)OCO4)c(=O)n2[C@H]1c1ccccc1OCC. The summed E-state index contributed by atoms with van der Waals surface area (Å²) < 4.78 is 24.0. The number of hydrogen-bond donors (Lipinski definition) is 0. The Morgan fingerprint density at radius 3 is 2.72 bits per heavy atom. The lowest BCUT2D eigenvalue weighted by molar-refractivity contribution is -0.139. The molecule has 2 aliphatic rings. The van der Waals surface area contributed by atoms with E-state index in [9.17, 15) is 9.59 Å². The quantitative estimate of drug-likeness (QED) is 0.456. The van der Waals surface area contributed by atoms with Crippen LogP contribution >= 0.6 is 22.9 Å². The van der Waals surface area contributed by atoms with Gasteiger partial charge in [-0.15, -0.1) is 0 Å². The van der Waals surface area contributed by atoms with Gasteiger partial charge in [-0.1, -0.05) is 41.1 Å². The molecule has 1 aromatic heterocycles. The predicted octanol–water partition coefficient (Wildman–Crippen LogP) is 3.58. The maximum atomic E-state index is 13.8. The standard InChI is InChI=1S/C26H23ClN2O6S/c1-4-32-18-9-7-6-8-16(18)23-22(25(31)33-5-2)14(3)28-26-29(23)24(30)21(36-26)11-15-10-19-20(12-17(15)27)35-13-34-19/h6-12,23H,4-5,13H2,1-3H3/b21-11-/t23-/m0/s1. The fraction of sp³-hybridized carbons (Fsp3) is 0.269. The summed E-state index contributed by atoms with van der Waals surface area (Å²) in [5.74, 6) is 1.17. The number of aromatic nitrogens is 1. The van der Waals surface area contributed by atoms with Gasteiger partial charge in [0, 0.05) is 11.6 Å². The first-order valence-corrected chi connectivity index (χ1v) is 12.6. The highest BCUT2D eigenvalue weighted by Gasteiger charge is 2.35. The second kappa shape index (κ2) is 9.83. The summed E-state index contributed by atoms with van der Waals surface area (Å²) in [5.41, 5.74) is 1.75. The summed E-state index contributed by atoms with van der Waals surface area (Å²) in [4.78, 5) is 32.0. The molecule has 0 unspecified atom stereocenters. The van der Waals surface area contributed by atoms with Crippen LogP contribution in [0.25, 0.3) is 6.08 Å². The van der Waals surface area contributed by atoms with Crippen molar-refractivity contribution in [2.75, 3.05) is 20.0 Å². The Hall–Kier alpha value is -3.56. The molecule has 0 N–H and O–H groups in total. The number of carbonyl (C=O) groups excluding carboxylic acids is 1. The molecule has 2 aliphatic heterocycles. The molecule has 3 heterocycles. The zero-order valence-corrected chi connectivity index (χ0v) is 21.4. The van der Waals surface area contributed by atoms with Crippen molar-refractivity contribution in [3.63, 3.8) is 0 Å². The lowest BCUT2D eigenvalue weighted by Gasteiger charge is -2.26. The first-order valence-electron chi connectivity index (χ1n) is 11.4. The van der Waals surface area contributed by atoms with Crippen LogP contribution in [0, 0.1) is 0 Å². The average molecular weight is 527 g/mol. The number of thiazole rings is 1. The van der Waals surface area contributed by atoms with E-state index in [4.69, 9.17) is 30.5 Å². The van der Waals surface area contributed by atoms with Gasteiger partial charge < -0.3 is 18.9 Å². The van der Waals surface area contributed by atoms with Crippen LogP contribution in [0.1, 0.15) is 37.9 Å². The maximum Gasteiger partial charge on any atom is 0.338 e. The van der Waals surface area contributed by atoms with E-state index in [0.717, 1.165) is 0 Å². The van der Waals surface area contributed by atoms with Crippen LogP contribution in [-0.2, 0) is 9.53 Å². The fourth-order valence-corrected chi connectivity index (χ4v) is 5.51. The van der Waals surface area contributed by atoms with Gasteiger partial charge in [0.05, 0.1) is 34.0 Å². The zero-order chi connectivity index (χ0) is 25.4. The van der Waals surface area contributed by atoms with Crippen LogP contribution in [0.5, 0.6) is 17.2 Å². The molecule has 0 aliphatic carbocycles. The average Bonchev–Trinajstić information content (AvgIpc) is 3.42. The van der Waals surface area contributed by atoms with Gasteiger partial charge in [-0.05, 0) is 44.5 Å². The van der Waals surface area contributed by atoms with E-state index < -0.39 is 12.0 Å². The number of esters is 1. The predicted molar refractivity (Wildman–Crippen MR) is 136 cm³/mol. The molecule has 3 aromatic rings. The number of fused-ring (bicyclic) bond motifs is 2.